The molecule has 7 N–H and O–H groups in total. The van der Waals surface area contributed by atoms with Gasteiger partial charge in [0.05, 0.1) is 12.1 Å². The lowest BCUT2D eigenvalue weighted by molar-refractivity contribution is -0.145. The number of carboxylic acid groups (broad SMARTS) is 1. The molecular formula is C17H32N4O6S. The number of carboxylic acids is 1. The summed E-state index contributed by atoms with van der Waals surface area (Å²) in [5.74, 6) is -2.78. The van der Waals surface area contributed by atoms with Crippen LogP contribution < -0.4 is 21.7 Å². The molecule has 10 nitrogen and oxygen atoms in total. The van der Waals surface area contributed by atoms with Gasteiger partial charge in [0.1, 0.15) is 12.1 Å². The first-order valence-electron chi connectivity index (χ1n) is 8.98. The van der Waals surface area contributed by atoms with Crippen LogP contribution in [0.3, 0.4) is 0 Å². The fourth-order valence-corrected chi connectivity index (χ4v) is 2.70. The van der Waals surface area contributed by atoms with E-state index in [2.05, 4.69) is 16.0 Å². The molecule has 0 rings (SSSR count). The van der Waals surface area contributed by atoms with Crippen LogP contribution in [0.4, 0.5) is 0 Å². The van der Waals surface area contributed by atoms with Crippen molar-refractivity contribution < 1.29 is 29.4 Å². The third-order valence-electron chi connectivity index (χ3n) is 4.01. The number of carbonyl (C=O) groups is 4. The average Bonchev–Trinajstić information content (AvgIpc) is 2.60. The Hall–Kier alpha value is -1.85. The molecule has 5 unspecified atom stereocenters. The Bertz CT molecular complexity index is 558. The van der Waals surface area contributed by atoms with E-state index in [1.54, 1.807) is 25.6 Å². The SMILES string of the molecule is CSCCC(N)C(=O)NC(C(=O)NC(C)C(=O)NC(C(=O)O)C(C)O)C(C)C. The summed E-state index contributed by atoms with van der Waals surface area (Å²) < 4.78 is 0. The normalized spacial score (nSPS) is 16.4. The molecule has 0 heterocycles. The molecule has 0 radical (unpaired) electrons. The number of carbonyl (C=O) groups excluding carboxylic acids is 3. The fourth-order valence-electron chi connectivity index (χ4n) is 2.21. The lowest BCUT2D eigenvalue weighted by Crippen LogP contribution is -2.58. The quantitative estimate of drug-likeness (QED) is 0.225. The van der Waals surface area contributed by atoms with Gasteiger partial charge in [0, 0.05) is 0 Å². The molecule has 11 heteroatoms. The number of amides is 3. The zero-order valence-electron chi connectivity index (χ0n) is 16.9. The number of hydrogen-bond donors (Lipinski definition) is 6. The minimum absolute atomic E-state index is 0.267. The number of aliphatic carboxylic acids is 1. The van der Waals surface area contributed by atoms with Crippen LogP contribution in [0.1, 0.15) is 34.1 Å². The highest BCUT2D eigenvalue weighted by Gasteiger charge is 2.31. The summed E-state index contributed by atoms with van der Waals surface area (Å²) in [4.78, 5) is 47.9. The van der Waals surface area contributed by atoms with Crippen LogP contribution in [0.15, 0.2) is 0 Å². The second-order valence-corrected chi connectivity index (χ2v) is 7.90. The molecule has 0 aliphatic rings. The monoisotopic (exact) mass is 420 g/mol. The zero-order chi connectivity index (χ0) is 22.0. The highest BCUT2D eigenvalue weighted by molar-refractivity contribution is 7.98. The minimum atomic E-state index is -1.50. The van der Waals surface area contributed by atoms with Crippen molar-refractivity contribution in [3.8, 4) is 0 Å². The van der Waals surface area contributed by atoms with Gasteiger partial charge in [-0.15, -0.1) is 0 Å². The smallest absolute Gasteiger partial charge is 0.328 e. The van der Waals surface area contributed by atoms with Crippen molar-refractivity contribution in [3.05, 3.63) is 0 Å². The van der Waals surface area contributed by atoms with E-state index in [-0.39, 0.29) is 5.92 Å². The summed E-state index contributed by atoms with van der Waals surface area (Å²) in [5, 5.41) is 25.6. The molecule has 0 fully saturated rings. The summed E-state index contributed by atoms with van der Waals surface area (Å²) in [7, 11) is 0. The van der Waals surface area contributed by atoms with E-state index in [0.29, 0.717) is 12.2 Å². The molecule has 0 aliphatic heterocycles. The molecule has 0 aliphatic carbocycles. The van der Waals surface area contributed by atoms with E-state index in [1.807, 2.05) is 6.26 Å². The number of rotatable bonds is 12. The van der Waals surface area contributed by atoms with Gasteiger partial charge in [-0.3, -0.25) is 14.4 Å². The number of aliphatic hydroxyl groups excluding tert-OH is 1. The molecule has 28 heavy (non-hydrogen) atoms. The predicted molar refractivity (Wildman–Crippen MR) is 107 cm³/mol. The lowest BCUT2D eigenvalue weighted by Gasteiger charge is -2.26. The summed E-state index contributed by atoms with van der Waals surface area (Å²) in [6, 6.07) is -4.22. The summed E-state index contributed by atoms with van der Waals surface area (Å²) in [6.45, 7) is 6.07. The number of hydrogen-bond acceptors (Lipinski definition) is 7. The Labute approximate surface area is 169 Å². The van der Waals surface area contributed by atoms with Crippen molar-refractivity contribution in [2.24, 2.45) is 11.7 Å². The van der Waals surface area contributed by atoms with Crippen LogP contribution in [-0.4, -0.2) is 76.2 Å². The van der Waals surface area contributed by atoms with Crippen LogP contribution in [0, 0.1) is 5.92 Å². The van der Waals surface area contributed by atoms with Gasteiger partial charge in [0.25, 0.3) is 0 Å². The summed E-state index contributed by atoms with van der Waals surface area (Å²) in [6.07, 6.45) is 1.05. The Kier molecular flexibility index (Phi) is 11.7. The maximum atomic E-state index is 12.5. The van der Waals surface area contributed by atoms with Crippen molar-refractivity contribution in [1.29, 1.82) is 0 Å². The first-order valence-corrected chi connectivity index (χ1v) is 10.4. The largest absolute Gasteiger partial charge is 0.480 e. The Balaban J connectivity index is 4.93. The van der Waals surface area contributed by atoms with E-state index in [0.717, 1.165) is 0 Å². The zero-order valence-corrected chi connectivity index (χ0v) is 17.7. The van der Waals surface area contributed by atoms with E-state index >= 15 is 0 Å². The van der Waals surface area contributed by atoms with E-state index < -0.39 is 54.0 Å². The third kappa shape index (κ3) is 8.89. The number of thioether (sulfide) groups is 1. The molecule has 0 aromatic rings. The van der Waals surface area contributed by atoms with Crippen LogP contribution in [0.2, 0.25) is 0 Å². The third-order valence-corrected chi connectivity index (χ3v) is 4.66. The molecule has 0 bridgehead atoms. The topological polar surface area (TPSA) is 171 Å². The minimum Gasteiger partial charge on any atom is -0.480 e. The van der Waals surface area contributed by atoms with E-state index in [9.17, 15) is 24.3 Å². The highest BCUT2D eigenvalue weighted by atomic mass is 32.2. The maximum Gasteiger partial charge on any atom is 0.328 e. The summed E-state index contributed by atoms with van der Waals surface area (Å²) >= 11 is 1.56. The van der Waals surface area contributed by atoms with Crippen molar-refractivity contribution >= 4 is 35.5 Å². The first kappa shape index (κ1) is 26.1. The van der Waals surface area contributed by atoms with Crippen LogP contribution in [0.25, 0.3) is 0 Å². The average molecular weight is 421 g/mol. The van der Waals surface area contributed by atoms with Crippen molar-refractivity contribution in [2.45, 2.75) is 64.4 Å². The molecule has 0 spiro atoms. The highest BCUT2D eigenvalue weighted by Crippen LogP contribution is 2.05. The Morgan fingerprint density at radius 3 is 1.89 bits per heavy atom. The molecule has 0 aromatic carbocycles. The second-order valence-electron chi connectivity index (χ2n) is 6.91. The van der Waals surface area contributed by atoms with Crippen LogP contribution >= 0.6 is 11.8 Å². The van der Waals surface area contributed by atoms with Crippen molar-refractivity contribution in [2.75, 3.05) is 12.0 Å². The molecule has 5 atom stereocenters. The van der Waals surface area contributed by atoms with Crippen LogP contribution in [-0.2, 0) is 19.2 Å². The Morgan fingerprint density at radius 1 is 0.929 bits per heavy atom. The van der Waals surface area contributed by atoms with Gasteiger partial charge in [0.15, 0.2) is 6.04 Å². The first-order chi connectivity index (χ1) is 12.9. The molecule has 3 amide bonds. The van der Waals surface area contributed by atoms with Crippen LogP contribution in [0.5, 0.6) is 0 Å². The lowest BCUT2D eigenvalue weighted by atomic mass is 10.0. The van der Waals surface area contributed by atoms with Gasteiger partial charge in [-0.05, 0) is 38.2 Å². The van der Waals surface area contributed by atoms with E-state index in [1.165, 1.54) is 13.8 Å². The van der Waals surface area contributed by atoms with Crippen molar-refractivity contribution in [3.63, 3.8) is 0 Å². The van der Waals surface area contributed by atoms with Gasteiger partial charge >= 0.3 is 5.97 Å². The Morgan fingerprint density at radius 2 is 1.46 bits per heavy atom. The van der Waals surface area contributed by atoms with Crippen molar-refractivity contribution in [1.82, 2.24) is 16.0 Å². The maximum absolute atomic E-state index is 12.5. The second kappa shape index (κ2) is 12.6. The number of aliphatic hydroxyl groups is 1. The molecule has 0 saturated carbocycles. The van der Waals surface area contributed by atoms with Gasteiger partial charge in [-0.1, -0.05) is 13.8 Å². The summed E-state index contributed by atoms with van der Waals surface area (Å²) in [5.41, 5.74) is 5.81. The van der Waals surface area contributed by atoms with E-state index in [4.69, 9.17) is 10.8 Å². The van der Waals surface area contributed by atoms with Gasteiger partial charge < -0.3 is 31.9 Å². The predicted octanol–water partition coefficient (Wildman–Crippen LogP) is -1.34. The molecule has 0 saturated heterocycles. The molecular weight excluding hydrogens is 388 g/mol. The number of nitrogens with one attached hydrogen (secondary N) is 3. The standard InChI is InChI=1S/C17H32N4O6S/c1-8(2)12(20-15(24)11(18)6-7-28-5)16(25)19-9(3)14(23)21-13(10(4)22)17(26)27/h8-13,22H,6-7,18H2,1-5H3,(H,19,25)(H,20,24)(H,21,23)(H,26,27). The van der Waals surface area contributed by atoms with Gasteiger partial charge in [-0.2, -0.15) is 11.8 Å². The molecule has 0 aromatic heterocycles. The van der Waals surface area contributed by atoms with Gasteiger partial charge in [0.2, 0.25) is 17.7 Å². The molecule has 162 valence electrons. The van der Waals surface area contributed by atoms with Gasteiger partial charge in [-0.25, -0.2) is 4.79 Å². The number of nitrogens with two attached hydrogens (primary N) is 1. The fraction of sp³-hybridized carbons (Fsp3) is 0.765.